The number of aliphatic hydroxyl groups is 1. The van der Waals surface area contributed by atoms with Gasteiger partial charge in [0.1, 0.15) is 0 Å². The molecule has 2 N–H and O–H groups in total. The third kappa shape index (κ3) is 3.55. The predicted molar refractivity (Wildman–Crippen MR) is 87.2 cm³/mol. The molecule has 1 aliphatic heterocycles. The quantitative estimate of drug-likeness (QED) is 0.865. The standard InChI is InChI=1S/C15H22BrClN2O/c1-15(2,10-20)14(19-7-5-18-6-8-19)11-3-4-13(17)12(16)9-11/h3-4,9,14,18,20H,5-8,10H2,1-2H3/t14-/m1/s1. The molecule has 1 aliphatic rings. The number of benzene rings is 1. The third-order valence-electron chi connectivity index (χ3n) is 3.92. The fourth-order valence-electron chi connectivity index (χ4n) is 2.87. The van der Waals surface area contributed by atoms with Crippen molar-refractivity contribution in [1.29, 1.82) is 0 Å². The van der Waals surface area contributed by atoms with Crippen LogP contribution in [0.15, 0.2) is 22.7 Å². The summed E-state index contributed by atoms with van der Waals surface area (Å²) in [6.07, 6.45) is 0. The van der Waals surface area contributed by atoms with E-state index in [2.05, 4.69) is 52.1 Å². The van der Waals surface area contributed by atoms with Crippen LogP contribution in [0.1, 0.15) is 25.5 Å². The Kier molecular flexibility index (Phi) is 5.49. The molecule has 0 bridgehead atoms. The Morgan fingerprint density at radius 3 is 2.60 bits per heavy atom. The van der Waals surface area contributed by atoms with Crippen molar-refractivity contribution in [1.82, 2.24) is 10.2 Å². The Morgan fingerprint density at radius 2 is 2.05 bits per heavy atom. The van der Waals surface area contributed by atoms with E-state index in [0.29, 0.717) is 0 Å². The highest BCUT2D eigenvalue weighted by Crippen LogP contribution is 2.40. The molecule has 1 heterocycles. The van der Waals surface area contributed by atoms with Gasteiger partial charge in [-0.3, -0.25) is 4.90 Å². The fourth-order valence-corrected chi connectivity index (χ4v) is 3.38. The zero-order chi connectivity index (χ0) is 14.8. The van der Waals surface area contributed by atoms with Crippen LogP contribution in [0.3, 0.4) is 0 Å². The van der Waals surface area contributed by atoms with Crippen molar-refractivity contribution in [3.05, 3.63) is 33.3 Å². The average Bonchev–Trinajstić information content (AvgIpc) is 2.44. The van der Waals surface area contributed by atoms with Crippen LogP contribution in [0.25, 0.3) is 0 Å². The van der Waals surface area contributed by atoms with E-state index in [4.69, 9.17) is 11.6 Å². The molecular formula is C15H22BrClN2O. The third-order valence-corrected chi connectivity index (χ3v) is 5.14. The van der Waals surface area contributed by atoms with E-state index in [1.54, 1.807) is 0 Å². The smallest absolute Gasteiger partial charge is 0.0548 e. The van der Waals surface area contributed by atoms with Crippen molar-refractivity contribution < 1.29 is 5.11 Å². The zero-order valence-electron chi connectivity index (χ0n) is 12.0. The van der Waals surface area contributed by atoms with Crippen LogP contribution < -0.4 is 5.32 Å². The predicted octanol–water partition coefficient (Wildman–Crippen LogP) is 3.07. The summed E-state index contributed by atoms with van der Waals surface area (Å²) in [6, 6.07) is 6.25. The average molecular weight is 362 g/mol. The first-order valence-electron chi connectivity index (χ1n) is 6.96. The van der Waals surface area contributed by atoms with Crippen molar-refractivity contribution in [2.45, 2.75) is 19.9 Å². The molecule has 0 aromatic heterocycles. The summed E-state index contributed by atoms with van der Waals surface area (Å²) in [5.74, 6) is 0. The Hall–Kier alpha value is -0.130. The van der Waals surface area contributed by atoms with Crippen LogP contribution in [0.2, 0.25) is 5.02 Å². The number of hydrogen-bond donors (Lipinski definition) is 2. The van der Waals surface area contributed by atoms with Crippen molar-refractivity contribution in [3.63, 3.8) is 0 Å². The topological polar surface area (TPSA) is 35.5 Å². The van der Waals surface area contributed by atoms with E-state index in [9.17, 15) is 5.11 Å². The monoisotopic (exact) mass is 360 g/mol. The molecule has 1 saturated heterocycles. The van der Waals surface area contributed by atoms with Gasteiger partial charge >= 0.3 is 0 Å². The highest BCUT2D eigenvalue weighted by molar-refractivity contribution is 9.10. The highest BCUT2D eigenvalue weighted by atomic mass is 79.9. The van der Waals surface area contributed by atoms with Crippen LogP contribution in [-0.4, -0.2) is 42.8 Å². The van der Waals surface area contributed by atoms with Gasteiger partial charge in [-0.1, -0.05) is 31.5 Å². The molecule has 5 heteroatoms. The zero-order valence-corrected chi connectivity index (χ0v) is 14.3. The highest BCUT2D eigenvalue weighted by Gasteiger charge is 2.35. The Labute approximate surface area is 134 Å². The lowest BCUT2D eigenvalue weighted by atomic mass is 9.80. The van der Waals surface area contributed by atoms with Crippen molar-refractivity contribution in [2.24, 2.45) is 5.41 Å². The van der Waals surface area contributed by atoms with Gasteiger partial charge in [0, 0.05) is 48.7 Å². The number of nitrogens with one attached hydrogen (secondary N) is 1. The van der Waals surface area contributed by atoms with Crippen LogP contribution >= 0.6 is 27.5 Å². The molecule has 0 unspecified atom stereocenters. The second-order valence-electron chi connectivity index (χ2n) is 6.01. The first-order chi connectivity index (χ1) is 9.45. The number of hydrogen-bond acceptors (Lipinski definition) is 3. The number of aliphatic hydroxyl groups excluding tert-OH is 1. The molecule has 3 nitrogen and oxygen atoms in total. The number of nitrogens with zero attached hydrogens (tertiary/aromatic N) is 1. The molecule has 112 valence electrons. The van der Waals surface area contributed by atoms with Crippen molar-refractivity contribution in [3.8, 4) is 0 Å². The van der Waals surface area contributed by atoms with E-state index in [1.807, 2.05) is 6.07 Å². The molecule has 0 radical (unpaired) electrons. The molecule has 0 spiro atoms. The van der Waals surface area contributed by atoms with E-state index in [1.165, 1.54) is 5.56 Å². The van der Waals surface area contributed by atoms with E-state index < -0.39 is 0 Å². The second-order valence-corrected chi connectivity index (χ2v) is 7.27. The van der Waals surface area contributed by atoms with E-state index in [-0.39, 0.29) is 18.1 Å². The summed E-state index contributed by atoms with van der Waals surface area (Å²) in [4.78, 5) is 2.45. The summed E-state index contributed by atoms with van der Waals surface area (Å²) >= 11 is 9.60. The molecule has 1 aromatic rings. The Morgan fingerprint density at radius 1 is 1.40 bits per heavy atom. The molecular weight excluding hydrogens is 340 g/mol. The van der Waals surface area contributed by atoms with Gasteiger partial charge in [0.25, 0.3) is 0 Å². The van der Waals surface area contributed by atoms with Gasteiger partial charge in [-0.15, -0.1) is 0 Å². The maximum atomic E-state index is 9.80. The number of piperazine rings is 1. The van der Waals surface area contributed by atoms with Gasteiger partial charge in [-0.05, 0) is 33.6 Å². The molecule has 0 aliphatic carbocycles. The molecule has 0 saturated carbocycles. The number of halogens is 2. The Balaban J connectivity index is 2.36. The molecule has 2 rings (SSSR count). The van der Waals surface area contributed by atoms with E-state index >= 15 is 0 Å². The maximum absolute atomic E-state index is 9.80. The summed E-state index contributed by atoms with van der Waals surface area (Å²) in [6.45, 7) is 8.36. The lowest BCUT2D eigenvalue weighted by Crippen LogP contribution is -2.49. The normalized spacial score (nSPS) is 19.1. The first kappa shape index (κ1) is 16.2. The maximum Gasteiger partial charge on any atom is 0.0548 e. The Bertz CT molecular complexity index is 461. The van der Waals surface area contributed by atoms with Gasteiger partial charge < -0.3 is 10.4 Å². The minimum Gasteiger partial charge on any atom is -0.396 e. The largest absolute Gasteiger partial charge is 0.396 e. The van der Waals surface area contributed by atoms with E-state index in [0.717, 1.165) is 35.7 Å². The van der Waals surface area contributed by atoms with Gasteiger partial charge in [-0.25, -0.2) is 0 Å². The molecule has 1 aromatic carbocycles. The molecule has 1 atom stereocenters. The summed E-state index contributed by atoms with van der Waals surface area (Å²) < 4.78 is 0.908. The lowest BCUT2D eigenvalue weighted by molar-refractivity contribution is 0.0305. The molecule has 0 amide bonds. The van der Waals surface area contributed by atoms with Crippen molar-refractivity contribution in [2.75, 3.05) is 32.8 Å². The minimum atomic E-state index is -0.204. The number of rotatable bonds is 4. The van der Waals surface area contributed by atoms with Crippen molar-refractivity contribution >= 4 is 27.5 Å². The molecule has 1 fully saturated rings. The second kappa shape index (κ2) is 6.75. The SMILES string of the molecule is CC(C)(CO)[C@@H](c1ccc(Cl)c(Br)c1)N1CCNCC1. The summed E-state index contributed by atoms with van der Waals surface area (Å²) in [5.41, 5.74) is 0.993. The minimum absolute atomic E-state index is 0.155. The van der Waals surface area contributed by atoms with Crippen LogP contribution in [-0.2, 0) is 0 Å². The van der Waals surface area contributed by atoms with Gasteiger partial charge in [-0.2, -0.15) is 0 Å². The van der Waals surface area contributed by atoms with Crippen LogP contribution in [0.4, 0.5) is 0 Å². The van der Waals surface area contributed by atoms with Gasteiger partial charge in [0.05, 0.1) is 5.02 Å². The van der Waals surface area contributed by atoms with Crippen LogP contribution in [0, 0.1) is 5.41 Å². The molecule has 20 heavy (non-hydrogen) atoms. The first-order valence-corrected chi connectivity index (χ1v) is 8.13. The van der Waals surface area contributed by atoms with Gasteiger partial charge in [0.2, 0.25) is 0 Å². The summed E-state index contributed by atoms with van der Waals surface area (Å²) in [7, 11) is 0. The lowest BCUT2D eigenvalue weighted by Gasteiger charge is -2.43. The fraction of sp³-hybridized carbons (Fsp3) is 0.600. The summed E-state index contributed by atoms with van der Waals surface area (Å²) in [5, 5.41) is 13.9. The van der Waals surface area contributed by atoms with Crippen LogP contribution in [0.5, 0.6) is 0 Å². The van der Waals surface area contributed by atoms with Gasteiger partial charge in [0.15, 0.2) is 0 Å².